The highest BCUT2D eigenvalue weighted by Gasteiger charge is 2.21. The first-order valence-electron chi connectivity index (χ1n) is 5.14. The van der Waals surface area contributed by atoms with E-state index in [2.05, 4.69) is 9.88 Å². The standard InChI is InChI=1S/C10H17N3O/c1-12-6-4-11-10(12)13-5-2-3-9(7-13)8-14/h4,6,9,14H,2-3,5,7-8H2,1H3. The highest BCUT2D eigenvalue weighted by atomic mass is 16.3. The van der Waals surface area contributed by atoms with Crippen molar-refractivity contribution in [3.8, 4) is 0 Å². The van der Waals surface area contributed by atoms with Crippen LogP contribution in [0.2, 0.25) is 0 Å². The molecule has 0 radical (unpaired) electrons. The largest absolute Gasteiger partial charge is 0.396 e. The summed E-state index contributed by atoms with van der Waals surface area (Å²) in [5, 5.41) is 9.12. The molecular weight excluding hydrogens is 178 g/mol. The Morgan fingerprint density at radius 3 is 3.14 bits per heavy atom. The maximum Gasteiger partial charge on any atom is 0.205 e. The fraction of sp³-hybridized carbons (Fsp3) is 0.700. The van der Waals surface area contributed by atoms with E-state index in [9.17, 15) is 0 Å². The van der Waals surface area contributed by atoms with Crippen LogP contribution in [0.3, 0.4) is 0 Å². The lowest BCUT2D eigenvalue weighted by Crippen LogP contribution is -2.38. The van der Waals surface area contributed by atoms with Gasteiger partial charge < -0.3 is 14.6 Å². The van der Waals surface area contributed by atoms with E-state index in [0.29, 0.717) is 12.5 Å². The molecule has 0 saturated carbocycles. The second-order valence-corrected chi connectivity index (χ2v) is 3.97. The molecule has 1 aliphatic heterocycles. The zero-order valence-corrected chi connectivity index (χ0v) is 8.56. The van der Waals surface area contributed by atoms with E-state index < -0.39 is 0 Å². The third-order valence-corrected chi connectivity index (χ3v) is 2.86. The number of imidazole rings is 1. The van der Waals surface area contributed by atoms with Crippen LogP contribution in [0.5, 0.6) is 0 Å². The number of anilines is 1. The van der Waals surface area contributed by atoms with Gasteiger partial charge in [-0.1, -0.05) is 0 Å². The van der Waals surface area contributed by atoms with Crippen LogP contribution in [0.1, 0.15) is 12.8 Å². The molecule has 1 N–H and O–H groups in total. The van der Waals surface area contributed by atoms with Crippen LogP contribution < -0.4 is 4.90 Å². The molecule has 14 heavy (non-hydrogen) atoms. The molecule has 0 aromatic carbocycles. The monoisotopic (exact) mass is 195 g/mol. The van der Waals surface area contributed by atoms with Gasteiger partial charge in [0.25, 0.3) is 0 Å². The fourth-order valence-electron chi connectivity index (χ4n) is 2.06. The summed E-state index contributed by atoms with van der Waals surface area (Å²) >= 11 is 0. The molecule has 1 aliphatic rings. The van der Waals surface area contributed by atoms with E-state index in [1.807, 2.05) is 24.0 Å². The number of aliphatic hydroxyl groups is 1. The van der Waals surface area contributed by atoms with Gasteiger partial charge >= 0.3 is 0 Å². The van der Waals surface area contributed by atoms with Crippen LogP contribution in [0.4, 0.5) is 5.95 Å². The van der Waals surface area contributed by atoms with Crippen LogP contribution in [0, 0.1) is 5.92 Å². The molecule has 1 atom stereocenters. The van der Waals surface area contributed by atoms with E-state index in [-0.39, 0.29) is 0 Å². The molecule has 0 amide bonds. The SMILES string of the molecule is Cn1ccnc1N1CCCC(CO)C1. The van der Waals surface area contributed by atoms with E-state index in [0.717, 1.165) is 31.9 Å². The van der Waals surface area contributed by atoms with Gasteiger partial charge in [0, 0.05) is 39.1 Å². The topological polar surface area (TPSA) is 41.3 Å². The highest BCUT2D eigenvalue weighted by molar-refractivity contribution is 5.31. The molecule has 1 aromatic rings. The minimum atomic E-state index is 0.293. The molecular formula is C10H17N3O. The summed E-state index contributed by atoms with van der Waals surface area (Å²) in [6.07, 6.45) is 6.06. The number of nitrogens with zero attached hydrogens (tertiary/aromatic N) is 3. The number of rotatable bonds is 2. The summed E-state index contributed by atoms with van der Waals surface area (Å²) in [4.78, 5) is 6.57. The zero-order valence-electron chi connectivity index (χ0n) is 8.56. The first-order valence-corrected chi connectivity index (χ1v) is 5.14. The Hall–Kier alpha value is -1.03. The summed E-state index contributed by atoms with van der Waals surface area (Å²) in [7, 11) is 2.00. The number of aliphatic hydroxyl groups excluding tert-OH is 1. The molecule has 1 fully saturated rings. The highest BCUT2D eigenvalue weighted by Crippen LogP contribution is 2.20. The molecule has 78 valence electrons. The maximum atomic E-state index is 9.12. The Labute approximate surface area is 84.2 Å². The lowest BCUT2D eigenvalue weighted by atomic mass is 9.99. The third-order valence-electron chi connectivity index (χ3n) is 2.86. The molecule has 2 rings (SSSR count). The van der Waals surface area contributed by atoms with Crippen molar-refractivity contribution in [3.63, 3.8) is 0 Å². The van der Waals surface area contributed by atoms with Crippen molar-refractivity contribution in [2.75, 3.05) is 24.6 Å². The Bertz CT molecular complexity index is 297. The Kier molecular flexibility index (Phi) is 2.72. The minimum Gasteiger partial charge on any atom is -0.396 e. The lowest BCUT2D eigenvalue weighted by molar-refractivity contribution is 0.208. The van der Waals surface area contributed by atoms with Gasteiger partial charge in [-0.3, -0.25) is 0 Å². The first-order chi connectivity index (χ1) is 6.81. The van der Waals surface area contributed by atoms with Crippen LogP contribution in [-0.2, 0) is 7.05 Å². The summed E-state index contributed by atoms with van der Waals surface area (Å²) in [5.74, 6) is 1.43. The average molecular weight is 195 g/mol. The molecule has 4 heteroatoms. The van der Waals surface area contributed by atoms with Gasteiger partial charge in [0.2, 0.25) is 5.95 Å². The molecule has 0 spiro atoms. The van der Waals surface area contributed by atoms with Gasteiger partial charge in [-0.05, 0) is 18.8 Å². The van der Waals surface area contributed by atoms with E-state index in [1.54, 1.807) is 0 Å². The van der Waals surface area contributed by atoms with Crippen molar-refractivity contribution in [2.45, 2.75) is 12.8 Å². The van der Waals surface area contributed by atoms with Crippen LogP contribution in [-0.4, -0.2) is 34.4 Å². The summed E-state index contributed by atoms with van der Waals surface area (Å²) in [6.45, 7) is 2.28. The molecule has 0 bridgehead atoms. The van der Waals surface area contributed by atoms with Crippen LogP contribution in [0.15, 0.2) is 12.4 Å². The molecule has 1 aromatic heterocycles. The third kappa shape index (κ3) is 1.75. The lowest BCUT2D eigenvalue weighted by Gasteiger charge is -2.32. The number of hydrogen-bond acceptors (Lipinski definition) is 3. The number of aryl methyl sites for hydroxylation is 1. The van der Waals surface area contributed by atoms with Crippen molar-refractivity contribution in [1.82, 2.24) is 9.55 Å². The predicted molar refractivity (Wildman–Crippen MR) is 55.2 cm³/mol. The van der Waals surface area contributed by atoms with Crippen molar-refractivity contribution >= 4 is 5.95 Å². The van der Waals surface area contributed by atoms with Crippen LogP contribution >= 0.6 is 0 Å². The van der Waals surface area contributed by atoms with Gasteiger partial charge in [0.15, 0.2) is 0 Å². The predicted octanol–water partition coefficient (Wildman–Crippen LogP) is 0.629. The number of hydrogen-bond donors (Lipinski definition) is 1. The summed E-state index contributed by atoms with van der Waals surface area (Å²) < 4.78 is 2.03. The van der Waals surface area contributed by atoms with E-state index >= 15 is 0 Å². The van der Waals surface area contributed by atoms with Crippen molar-refractivity contribution in [2.24, 2.45) is 13.0 Å². The number of piperidine rings is 1. The fourth-order valence-corrected chi connectivity index (χ4v) is 2.06. The van der Waals surface area contributed by atoms with Crippen molar-refractivity contribution in [1.29, 1.82) is 0 Å². The second kappa shape index (κ2) is 4.00. The number of aromatic nitrogens is 2. The van der Waals surface area contributed by atoms with Gasteiger partial charge in [-0.15, -0.1) is 0 Å². The second-order valence-electron chi connectivity index (χ2n) is 3.97. The zero-order chi connectivity index (χ0) is 9.97. The molecule has 4 nitrogen and oxygen atoms in total. The maximum absolute atomic E-state index is 9.12. The smallest absolute Gasteiger partial charge is 0.205 e. The van der Waals surface area contributed by atoms with E-state index in [1.165, 1.54) is 0 Å². The Morgan fingerprint density at radius 2 is 2.50 bits per heavy atom. The van der Waals surface area contributed by atoms with Gasteiger partial charge in [-0.25, -0.2) is 4.98 Å². The van der Waals surface area contributed by atoms with Gasteiger partial charge in [-0.2, -0.15) is 0 Å². The normalized spacial score (nSPS) is 22.7. The molecule has 1 saturated heterocycles. The minimum absolute atomic E-state index is 0.293. The molecule has 0 aliphatic carbocycles. The summed E-state index contributed by atoms with van der Waals surface area (Å²) in [5.41, 5.74) is 0. The van der Waals surface area contributed by atoms with E-state index in [4.69, 9.17) is 5.11 Å². The Balaban J connectivity index is 2.08. The molecule has 2 heterocycles. The average Bonchev–Trinajstić information content (AvgIpc) is 2.65. The van der Waals surface area contributed by atoms with Crippen molar-refractivity contribution in [3.05, 3.63) is 12.4 Å². The first kappa shape index (κ1) is 9.52. The van der Waals surface area contributed by atoms with Crippen molar-refractivity contribution < 1.29 is 5.11 Å². The van der Waals surface area contributed by atoms with Crippen LogP contribution in [0.25, 0.3) is 0 Å². The quantitative estimate of drug-likeness (QED) is 0.752. The Morgan fingerprint density at radius 1 is 1.64 bits per heavy atom. The summed E-state index contributed by atoms with van der Waals surface area (Å²) in [6, 6.07) is 0. The molecule has 1 unspecified atom stereocenters. The van der Waals surface area contributed by atoms with Gasteiger partial charge in [0.05, 0.1) is 0 Å². The van der Waals surface area contributed by atoms with Gasteiger partial charge in [0.1, 0.15) is 0 Å².